The van der Waals surface area contributed by atoms with Gasteiger partial charge in [0.25, 0.3) is 5.91 Å². The fourth-order valence-electron chi connectivity index (χ4n) is 3.65. The number of para-hydroxylation sites is 1. The molecule has 4 rings (SSSR count). The van der Waals surface area contributed by atoms with Crippen LogP contribution in [0, 0.1) is 0 Å². The van der Waals surface area contributed by atoms with Crippen LogP contribution in [0.3, 0.4) is 0 Å². The summed E-state index contributed by atoms with van der Waals surface area (Å²) in [6.07, 6.45) is 0.360. The second-order valence-electron chi connectivity index (χ2n) is 6.58. The van der Waals surface area contributed by atoms with Crippen molar-refractivity contribution in [3.05, 3.63) is 69.6 Å². The molecule has 3 aromatic rings. The molecule has 1 amide bonds. The first kappa shape index (κ1) is 18.1. The Labute approximate surface area is 160 Å². The Bertz CT molecular complexity index is 1120. The number of phenolic OH excluding ortho intramolecular Hbond substituents is 1. The molecule has 1 atom stereocenters. The highest BCUT2D eigenvalue weighted by Gasteiger charge is 2.42. The largest absolute Gasteiger partial charge is 0.504 e. The van der Waals surface area contributed by atoms with Gasteiger partial charge in [0.05, 0.1) is 24.1 Å². The molecule has 1 aromatic heterocycles. The molecule has 0 saturated carbocycles. The number of carbonyl (C=O) groups excluding carboxylic acids is 1. The van der Waals surface area contributed by atoms with Gasteiger partial charge in [0.1, 0.15) is 5.58 Å². The van der Waals surface area contributed by atoms with Crippen molar-refractivity contribution in [2.75, 3.05) is 20.3 Å². The molecular weight excluding hydrogens is 362 g/mol. The summed E-state index contributed by atoms with van der Waals surface area (Å²) >= 11 is 0. The number of amides is 1. The van der Waals surface area contributed by atoms with Gasteiger partial charge in [-0.1, -0.05) is 18.2 Å². The normalized spacial score (nSPS) is 15.9. The molecule has 2 heterocycles. The van der Waals surface area contributed by atoms with Crippen molar-refractivity contribution in [3.63, 3.8) is 0 Å². The van der Waals surface area contributed by atoms with Gasteiger partial charge < -0.3 is 24.3 Å². The number of hydrogen-bond donors (Lipinski definition) is 2. The van der Waals surface area contributed by atoms with Crippen LogP contribution in [-0.4, -0.2) is 41.3 Å². The molecular formula is C21H19NO6. The van der Waals surface area contributed by atoms with Crippen molar-refractivity contribution in [2.24, 2.45) is 0 Å². The van der Waals surface area contributed by atoms with Crippen LogP contribution in [0.2, 0.25) is 0 Å². The quantitative estimate of drug-likeness (QED) is 0.704. The van der Waals surface area contributed by atoms with E-state index in [9.17, 15) is 19.8 Å². The van der Waals surface area contributed by atoms with Crippen LogP contribution in [0.5, 0.6) is 11.5 Å². The van der Waals surface area contributed by atoms with Crippen LogP contribution in [0.4, 0.5) is 0 Å². The van der Waals surface area contributed by atoms with Gasteiger partial charge >= 0.3 is 0 Å². The van der Waals surface area contributed by atoms with Crippen molar-refractivity contribution < 1.29 is 24.2 Å². The predicted molar refractivity (Wildman–Crippen MR) is 102 cm³/mol. The summed E-state index contributed by atoms with van der Waals surface area (Å²) in [7, 11) is 1.43. The Hall–Kier alpha value is -3.32. The van der Waals surface area contributed by atoms with E-state index in [1.165, 1.54) is 18.1 Å². The number of hydrogen-bond acceptors (Lipinski definition) is 6. The number of rotatable bonds is 5. The van der Waals surface area contributed by atoms with E-state index in [4.69, 9.17) is 9.15 Å². The third kappa shape index (κ3) is 2.71. The topological polar surface area (TPSA) is 100 Å². The Balaban J connectivity index is 1.96. The number of aliphatic hydroxyl groups is 1. The van der Waals surface area contributed by atoms with Crippen LogP contribution in [-0.2, 0) is 0 Å². The number of methoxy groups -OCH3 is 1. The predicted octanol–water partition coefficient (Wildman–Crippen LogP) is 2.43. The van der Waals surface area contributed by atoms with Gasteiger partial charge in [-0.25, -0.2) is 0 Å². The van der Waals surface area contributed by atoms with E-state index < -0.39 is 11.9 Å². The van der Waals surface area contributed by atoms with Crippen molar-refractivity contribution in [3.8, 4) is 11.5 Å². The van der Waals surface area contributed by atoms with E-state index in [1.54, 1.807) is 36.4 Å². The van der Waals surface area contributed by atoms with Crippen molar-refractivity contribution in [1.82, 2.24) is 4.90 Å². The smallest absolute Gasteiger partial charge is 0.290 e. The zero-order valence-corrected chi connectivity index (χ0v) is 15.2. The lowest BCUT2D eigenvalue weighted by molar-refractivity contribution is 0.0716. The fraction of sp³-hybridized carbons (Fsp3) is 0.238. The van der Waals surface area contributed by atoms with E-state index in [2.05, 4.69) is 0 Å². The molecule has 0 saturated heterocycles. The lowest BCUT2D eigenvalue weighted by atomic mass is 9.98. The average molecular weight is 381 g/mol. The number of nitrogens with zero attached hydrogens (tertiary/aromatic N) is 1. The minimum atomic E-state index is -0.690. The Morgan fingerprint density at radius 2 is 1.96 bits per heavy atom. The lowest BCUT2D eigenvalue weighted by Gasteiger charge is -2.25. The van der Waals surface area contributed by atoms with E-state index in [0.717, 1.165) is 0 Å². The van der Waals surface area contributed by atoms with Gasteiger partial charge in [0.15, 0.2) is 16.9 Å². The maximum absolute atomic E-state index is 13.2. The number of phenols is 1. The molecule has 0 radical (unpaired) electrons. The molecule has 1 aliphatic heterocycles. The lowest BCUT2D eigenvalue weighted by Crippen LogP contribution is -2.31. The van der Waals surface area contributed by atoms with Gasteiger partial charge in [0.2, 0.25) is 5.76 Å². The van der Waals surface area contributed by atoms with Crippen molar-refractivity contribution in [1.29, 1.82) is 0 Å². The molecule has 0 aliphatic carbocycles. The maximum Gasteiger partial charge on any atom is 0.290 e. The molecule has 7 heteroatoms. The summed E-state index contributed by atoms with van der Waals surface area (Å²) in [4.78, 5) is 27.8. The number of aromatic hydroxyl groups is 1. The van der Waals surface area contributed by atoms with E-state index >= 15 is 0 Å². The Kier molecular flexibility index (Phi) is 4.52. The number of aliphatic hydroxyl groups excluding tert-OH is 1. The summed E-state index contributed by atoms with van der Waals surface area (Å²) in [5.74, 6) is -0.184. The van der Waals surface area contributed by atoms with Gasteiger partial charge in [-0.15, -0.1) is 0 Å². The van der Waals surface area contributed by atoms with Crippen LogP contribution in [0.15, 0.2) is 51.7 Å². The molecule has 0 bridgehead atoms. The zero-order valence-electron chi connectivity index (χ0n) is 15.2. The van der Waals surface area contributed by atoms with Gasteiger partial charge in [0, 0.05) is 13.2 Å². The Morgan fingerprint density at radius 3 is 2.71 bits per heavy atom. The number of benzene rings is 2. The molecule has 1 aliphatic rings. The van der Waals surface area contributed by atoms with Gasteiger partial charge in [-0.2, -0.15) is 0 Å². The molecule has 0 spiro atoms. The summed E-state index contributed by atoms with van der Waals surface area (Å²) in [6, 6.07) is 10.8. The molecule has 2 N–H and O–H groups in total. The van der Waals surface area contributed by atoms with Gasteiger partial charge in [-0.05, 0) is 36.2 Å². The summed E-state index contributed by atoms with van der Waals surface area (Å²) in [5.41, 5.74) is 0.955. The fourth-order valence-corrected chi connectivity index (χ4v) is 3.65. The SMILES string of the molecule is COc1cc(C2c3c(oc4ccccc4c3=O)C(=O)N2CCCO)ccc1O. The summed E-state index contributed by atoms with van der Waals surface area (Å²) < 4.78 is 11.0. The third-order valence-electron chi connectivity index (χ3n) is 4.95. The van der Waals surface area contributed by atoms with Crippen LogP contribution in [0.1, 0.15) is 34.1 Å². The van der Waals surface area contributed by atoms with Crippen LogP contribution in [0.25, 0.3) is 11.0 Å². The first-order valence-corrected chi connectivity index (χ1v) is 8.91. The molecule has 0 fully saturated rings. The van der Waals surface area contributed by atoms with Crippen LogP contribution >= 0.6 is 0 Å². The molecule has 2 aromatic carbocycles. The maximum atomic E-state index is 13.2. The average Bonchev–Trinajstić information content (AvgIpc) is 2.99. The number of fused-ring (bicyclic) bond motifs is 2. The monoisotopic (exact) mass is 381 g/mol. The Morgan fingerprint density at radius 1 is 1.18 bits per heavy atom. The first-order valence-electron chi connectivity index (χ1n) is 8.91. The van der Waals surface area contributed by atoms with E-state index in [0.29, 0.717) is 23.0 Å². The minimum Gasteiger partial charge on any atom is -0.504 e. The second-order valence-corrected chi connectivity index (χ2v) is 6.58. The van der Waals surface area contributed by atoms with Crippen LogP contribution < -0.4 is 10.2 Å². The summed E-state index contributed by atoms with van der Waals surface area (Å²) in [5, 5.41) is 19.5. The highest BCUT2D eigenvalue weighted by molar-refractivity contribution is 5.99. The second kappa shape index (κ2) is 7.01. The zero-order chi connectivity index (χ0) is 19.8. The number of ether oxygens (including phenoxy) is 1. The molecule has 7 nitrogen and oxygen atoms in total. The molecule has 1 unspecified atom stereocenters. The van der Waals surface area contributed by atoms with Crippen molar-refractivity contribution >= 4 is 16.9 Å². The third-order valence-corrected chi connectivity index (χ3v) is 4.95. The highest BCUT2D eigenvalue weighted by atomic mass is 16.5. The van der Waals surface area contributed by atoms with Crippen molar-refractivity contribution in [2.45, 2.75) is 12.5 Å². The highest BCUT2D eigenvalue weighted by Crippen LogP contribution is 2.40. The molecule has 144 valence electrons. The number of carbonyl (C=O) groups is 1. The first-order chi connectivity index (χ1) is 13.6. The van der Waals surface area contributed by atoms with Gasteiger partial charge in [-0.3, -0.25) is 9.59 Å². The molecule has 28 heavy (non-hydrogen) atoms. The van der Waals surface area contributed by atoms with E-state index in [1.807, 2.05) is 0 Å². The summed E-state index contributed by atoms with van der Waals surface area (Å²) in [6.45, 7) is 0.165. The van der Waals surface area contributed by atoms with E-state index in [-0.39, 0.29) is 41.4 Å². The minimum absolute atomic E-state index is 0.0127. The standard InChI is InChI=1S/C21H19NO6/c1-27-16-11-12(7-8-14(16)24)18-17-19(25)13-5-2-3-6-15(13)28-20(17)21(26)22(18)9-4-10-23/h2-3,5-8,11,18,23-24H,4,9-10H2,1H3.